The highest BCUT2D eigenvalue weighted by Gasteiger charge is 2.40. The van der Waals surface area contributed by atoms with Crippen LogP contribution < -0.4 is 0 Å². The summed E-state index contributed by atoms with van der Waals surface area (Å²) in [6, 6.07) is 0. The maximum absolute atomic E-state index is 11.7. The van der Waals surface area contributed by atoms with Crippen LogP contribution in [-0.4, -0.2) is 23.8 Å². The van der Waals surface area contributed by atoms with Gasteiger partial charge in [0.2, 0.25) is 0 Å². The SMILES string of the molecule is CCC(C(=O)OC)C1(O)CCCCCCC1. The lowest BCUT2D eigenvalue weighted by molar-refractivity contribution is -0.158. The molecule has 1 aliphatic rings. The van der Waals surface area contributed by atoms with Crippen molar-refractivity contribution in [2.45, 2.75) is 63.9 Å². The van der Waals surface area contributed by atoms with Gasteiger partial charge >= 0.3 is 5.97 Å². The van der Waals surface area contributed by atoms with Crippen molar-refractivity contribution in [3.63, 3.8) is 0 Å². The quantitative estimate of drug-likeness (QED) is 0.755. The second-order valence-corrected chi connectivity index (χ2v) is 4.86. The third kappa shape index (κ3) is 3.21. The minimum atomic E-state index is -0.831. The van der Waals surface area contributed by atoms with E-state index in [0.717, 1.165) is 25.7 Å². The second-order valence-electron chi connectivity index (χ2n) is 4.86. The van der Waals surface area contributed by atoms with Crippen molar-refractivity contribution in [1.29, 1.82) is 0 Å². The Hall–Kier alpha value is -0.570. The van der Waals surface area contributed by atoms with E-state index < -0.39 is 5.60 Å². The number of carbonyl (C=O) groups excluding carboxylic acids is 1. The van der Waals surface area contributed by atoms with Gasteiger partial charge in [-0.25, -0.2) is 0 Å². The number of aliphatic hydroxyl groups is 1. The molecule has 0 aliphatic heterocycles. The molecule has 1 fully saturated rings. The first-order valence-corrected chi connectivity index (χ1v) is 6.44. The van der Waals surface area contributed by atoms with Gasteiger partial charge in [0.05, 0.1) is 18.6 Å². The van der Waals surface area contributed by atoms with Gasteiger partial charge in [0.1, 0.15) is 0 Å². The molecule has 0 aromatic carbocycles. The molecule has 3 heteroatoms. The summed E-state index contributed by atoms with van der Waals surface area (Å²) in [6.07, 6.45) is 7.75. The molecule has 0 radical (unpaired) electrons. The topological polar surface area (TPSA) is 46.5 Å². The zero-order valence-electron chi connectivity index (χ0n) is 10.5. The third-order valence-corrected chi connectivity index (χ3v) is 3.76. The molecule has 1 unspecified atom stereocenters. The summed E-state index contributed by atoms with van der Waals surface area (Å²) in [4.78, 5) is 11.7. The Morgan fingerprint density at radius 2 is 1.75 bits per heavy atom. The molecule has 1 atom stereocenters. The molecule has 16 heavy (non-hydrogen) atoms. The van der Waals surface area contributed by atoms with Crippen LogP contribution in [0.1, 0.15) is 58.3 Å². The number of esters is 1. The zero-order chi connectivity index (χ0) is 12.0. The second kappa shape index (κ2) is 6.24. The van der Waals surface area contributed by atoms with E-state index in [9.17, 15) is 9.90 Å². The highest BCUT2D eigenvalue weighted by Crippen LogP contribution is 2.34. The smallest absolute Gasteiger partial charge is 0.311 e. The molecular formula is C13H24O3. The average molecular weight is 228 g/mol. The molecule has 0 aromatic rings. The summed E-state index contributed by atoms with van der Waals surface area (Å²) in [7, 11) is 1.40. The third-order valence-electron chi connectivity index (χ3n) is 3.76. The molecule has 0 amide bonds. The normalized spacial score (nSPS) is 22.9. The van der Waals surface area contributed by atoms with Gasteiger partial charge in [-0.3, -0.25) is 4.79 Å². The first kappa shape index (κ1) is 13.5. The van der Waals surface area contributed by atoms with Gasteiger partial charge in [-0.1, -0.05) is 39.0 Å². The van der Waals surface area contributed by atoms with Gasteiger partial charge < -0.3 is 9.84 Å². The van der Waals surface area contributed by atoms with Crippen LogP contribution >= 0.6 is 0 Å². The molecule has 0 bridgehead atoms. The fraction of sp³-hybridized carbons (Fsp3) is 0.923. The first-order valence-electron chi connectivity index (χ1n) is 6.44. The first-order chi connectivity index (χ1) is 7.64. The van der Waals surface area contributed by atoms with Crippen molar-refractivity contribution < 1.29 is 14.6 Å². The Morgan fingerprint density at radius 3 is 2.19 bits per heavy atom. The van der Waals surface area contributed by atoms with Crippen molar-refractivity contribution in [3.05, 3.63) is 0 Å². The highest BCUT2D eigenvalue weighted by atomic mass is 16.5. The molecule has 1 rings (SSSR count). The zero-order valence-corrected chi connectivity index (χ0v) is 10.5. The van der Waals surface area contributed by atoms with Crippen LogP contribution in [0.25, 0.3) is 0 Å². The van der Waals surface area contributed by atoms with E-state index in [-0.39, 0.29) is 11.9 Å². The molecule has 1 aliphatic carbocycles. The highest BCUT2D eigenvalue weighted by molar-refractivity contribution is 5.73. The van der Waals surface area contributed by atoms with Crippen LogP contribution in [0.3, 0.4) is 0 Å². The number of hydrogen-bond donors (Lipinski definition) is 1. The lowest BCUT2D eigenvalue weighted by Crippen LogP contribution is -2.43. The molecule has 0 saturated heterocycles. The molecule has 0 heterocycles. The van der Waals surface area contributed by atoms with Gasteiger partial charge in [-0.15, -0.1) is 0 Å². The Balaban J connectivity index is 2.72. The minimum absolute atomic E-state index is 0.259. The minimum Gasteiger partial charge on any atom is -0.469 e. The van der Waals surface area contributed by atoms with E-state index in [1.54, 1.807) is 0 Å². The predicted octanol–water partition coefficient (Wildman–Crippen LogP) is 2.66. The Bertz CT molecular complexity index is 217. The number of hydrogen-bond acceptors (Lipinski definition) is 3. The van der Waals surface area contributed by atoms with Crippen molar-refractivity contribution in [2.24, 2.45) is 5.92 Å². The molecular weight excluding hydrogens is 204 g/mol. The van der Waals surface area contributed by atoms with E-state index in [1.807, 2.05) is 6.92 Å². The molecule has 0 aromatic heterocycles. The Morgan fingerprint density at radius 1 is 1.25 bits per heavy atom. The average Bonchev–Trinajstić information content (AvgIpc) is 2.25. The lowest BCUT2D eigenvalue weighted by atomic mass is 9.76. The van der Waals surface area contributed by atoms with E-state index >= 15 is 0 Å². The number of rotatable bonds is 3. The summed E-state index contributed by atoms with van der Waals surface area (Å²) >= 11 is 0. The standard InChI is InChI=1S/C13H24O3/c1-3-11(12(14)16-2)13(15)9-7-5-4-6-8-10-13/h11,15H,3-10H2,1-2H3. The fourth-order valence-corrected chi connectivity index (χ4v) is 2.77. The fourth-order valence-electron chi connectivity index (χ4n) is 2.77. The van der Waals surface area contributed by atoms with Crippen molar-refractivity contribution in [3.8, 4) is 0 Å². The number of ether oxygens (including phenoxy) is 1. The largest absolute Gasteiger partial charge is 0.469 e. The summed E-state index contributed by atoms with van der Waals surface area (Å²) < 4.78 is 4.79. The monoisotopic (exact) mass is 228 g/mol. The van der Waals surface area contributed by atoms with E-state index in [2.05, 4.69) is 0 Å². The van der Waals surface area contributed by atoms with Crippen molar-refractivity contribution >= 4 is 5.97 Å². The van der Waals surface area contributed by atoms with Gasteiger partial charge in [0.15, 0.2) is 0 Å². The summed E-state index contributed by atoms with van der Waals surface area (Å²) in [5, 5.41) is 10.6. The molecule has 1 N–H and O–H groups in total. The molecule has 3 nitrogen and oxygen atoms in total. The number of methoxy groups -OCH3 is 1. The van der Waals surface area contributed by atoms with Crippen LogP contribution in [0.5, 0.6) is 0 Å². The molecule has 1 saturated carbocycles. The molecule has 0 spiro atoms. The van der Waals surface area contributed by atoms with Crippen LogP contribution in [0.2, 0.25) is 0 Å². The van der Waals surface area contributed by atoms with Gasteiger partial charge in [0, 0.05) is 0 Å². The van der Waals surface area contributed by atoms with E-state index in [1.165, 1.54) is 26.4 Å². The Kier molecular flexibility index (Phi) is 5.26. The number of carbonyl (C=O) groups is 1. The van der Waals surface area contributed by atoms with Crippen molar-refractivity contribution in [2.75, 3.05) is 7.11 Å². The summed E-state index contributed by atoms with van der Waals surface area (Å²) in [5.74, 6) is -0.610. The molecule has 94 valence electrons. The maximum atomic E-state index is 11.7. The van der Waals surface area contributed by atoms with Crippen LogP contribution in [-0.2, 0) is 9.53 Å². The lowest BCUT2D eigenvalue weighted by Gasteiger charge is -2.35. The van der Waals surface area contributed by atoms with E-state index in [0.29, 0.717) is 6.42 Å². The van der Waals surface area contributed by atoms with Crippen LogP contribution in [0.4, 0.5) is 0 Å². The van der Waals surface area contributed by atoms with Crippen LogP contribution in [0, 0.1) is 5.92 Å². The van der Waals surface area contributed by atoms with Gasteiger partial charge in [-0.2, -0.15) is 0 Å². The van der Waals surface area contributed by atoms with Gasteiger partial charge in [-0.05, 0) is 19.3 Å². The van der Waals surface area contributed by atoms with Crippen LogP contribution in [0.15, 0.2) is 0 Å². The Labute approximate surface area is 98.2 Å². The summed E-state index contributed by atoms with van der Waals surface area (Å²) in [5.41, 5.74) is -0.831. The summed E-state index contributed by atoms with van der Waals surface area (Å²) in [6.45, 7) is 1.94. The van der Waals surface area contributed by atoms with E-state index in [4.69, 9.17) is 4.74 Å². The van der Waals surface area contributed by atoms with Gasteiger partial charge in [0.25, 0.3) is 0 Å². The maximum Gasteiger partial charge on any atom is 0.311 e. The van der Waals surface area contributed by atoms with Crippen molar-refractivity contribution in [1.82, 2.24) is 0 Å². The predicted molar refractivity (Wildman–Crippen MR) is 63.1 cm³/mol.